The van der Waals surface area contributed by atoms with Gasteiger partial charge in [-0.3, -0.25) is 9.78 Å². The van der Waals surface area contributed by atoms with Gasteiger partial charge in [-0.25, -0.2) is 8.42 Å². The maximum Gasteiger partial charge on any atom is 0.417 e. The van der Waals surface area contributed by atoms with Crippen molar-refractivity contribution in [3.05, 3.63) is 59.9 Å². The van der Waals surface area contributed by atoms with E-state index < -0.39 is 32.7 Å². The van der Waals surface area contributed by atoms with E-state index in [4.69, 9.17) is 4.74 Å². The number of rotatable bonds is 11. The van der Waals surface area contributed by atoms with Crippen LogP contribution in [0.15, 0.2) is 53.7 Å². The van der Waals surface area contributed by atoms with Gasteiger partial charge in [0.25, 0.3) is 0 Å². The molecule has 242 valence electrons. The van der Waals surface area contributed by atoms with Crippen molar-refractivity contribution in [3.8, 4) is 0 Å². The van der Waals surface area contributed by atoms with Crippen molar-refractivity contribution in [1.82, 2.24) is 19.1 Å². The Kier molecular flexibility index (Phi) is 10.6. The Morgan fingerprint density at radius 3 is 2.34 bits per heavy atom. The minimum absolute atomic E-state index is 0.00995. The second kappa shape index (κ2) is 14.3. The van der Waals surface area contributed by atoms with Crippen molar-refractivity contribution < 1.29 is 31.1 Å². The fraction of sp³-hybridized carbons (Fsp3) is 0.625. The molecule has 1 amide bonds. The van der Waals surface area contributed by atoms with Crippen LogP contribution in [-0.4, -0.2) is 91.9 Å². The summed E-state index contributed by atoms with van der Waals surface area (Å²) in [7, 11) is -4.42. The molecule has 3 aliphatic rings. The number of benzene rings is 1. The number of sulfonamides is 1. The molecule has 0 saturated carbocycles. The number of carbonyl (C=O) groups is 1. The van der Waals surface area contributed by atoms with Crippen molar-refractivity contribution >= 4 is 15.9 Å². The summed E-state index contributed by atoms with van der Waals surface area (Å²) in [5.74, 6) is -0.155. The Hall–Kier alpha value is -2.54. The minimum Gasteiger partial charge on any atom is -0.370 e. The molecule has 3 saturated heterocycles. The molecule has 4 heterocycles. The standard InChI is InChI=1S/C32H43F3N4O4S/c33-32(34,35)28-9-1-2-10-29(28)44(41,42)39-21-4-3-8-27(39)24-43-25-30(40)38-22-14-31(15-23-38,26-11-16-36-17-12-26)13-7-20-37-18-5-6-19-37/h1-2,9-12,16-17,27H,3-8,13-15,18-25H2. The van der Waals surface area contributed by atoms with Crippen LogP contribution < -0.4 is 0 Å². The van der Waals surface area contributed by atoms with E-state index in [-0.39, 0.29) is 31.1 Å². The largest absolute Gasteiger partial charge is 0.417 e. The Balaban J connectivity index is 1.17. The highest BCUT2D eigenvalue weighted by Crippen LogP contribution is 2.40. The molecule has 0 aliphatic carbocycles. The quantitative estimate of drug-likeness (QED) is 0.342. The fourth-order valence-corrected chi connectivity index (χ4v) is 9.00. The van der Waals surface area contributed by atoms with Gasteiger partial charge in [0.1, 0.15) is 6.61 Å². The summed E-state index contributed by atoms with van der Waals surface area (Å²) in [4.78, 5) is 21.0. The number of aromatic nitrogens is 1. The number of piperidine rings is 2. The lowest BCUT2D eigenvalue weighted by atomic mass is 9.70. The van der Waals surface area contributed by atoms with E-state index in [2.05, 4.69) is 22.0 Å². The zero-order chi connectivity index (χ0) is 31.2. The third-order valence-electron chi connectivity index (χ3n) is 9.58. The Bertz CT molecular complexity index is 1340. The third kappa shape index (κ3) is 7.63. The van der Waals surface area contributed by atoms with Gasteiger partial charge in [0, 0.05) is 38.1 Å². The van der Waals surface area contributed by atoms with Crippen LogP contribution in [-0.2, 0) is 31.1 Å². The predicted octanol–water partition coefficient (Wildman–Crippen LogP) is 5.10. The first-order chi connectivity index (χ1) is 21.1. The maximum atomic E-state index is 13.6. The van der Waals surface area contributed by atoms with Gasteiger partial charge >= 0.3 is 6.18 Å². The SMILES string of the molecule is O=C(COCC1CCCCN1S(=O)(=O)c1ccccc1C(F)(F)F)N1CCC(CCCN2CCCC2)(c2ccncc2)CC1. The molecule has 0 N–H and O–H groups in total. The van der Waals surface area contributed by atoms with E-state index in [1.165, 1.54) is 43.6 Å². The molecule has 1 atom stereocenters. The smallest absolute Gasteiger partial charge is 0.370 e. The molecule has 1 unspecified atom stereocenters. The zero-order valence-electron chi connectivity index (χ0n) is 25.2. The predicted molar refractivity (Wildman–Crippen MR) is 160 cm³/mol. The van der Waals surface area contributed by atoms with E-state index in [9.17, 15) is 26.4 Å². The number of amides is 1. The van der Waals surface area contributed by atoms with Crippen LogP contribution in [0.1, 0.15) is 68.9 Å². The second-order valence-electron chi connectivity index (χ2n) is 12.3. The first kappa shape index (κ1) is 32.8. The number of carbonyl (C=O) groups excluding carboxylic acids is 1. The monoisotopic (exact) mass is 636 g/mol. The van der Waals surface area contributed by atoms with Crippen molar-refractivity contribution in [2.75, 3.05) is 52.5 Å². The fourth-order valence-electron chi connectivity index (χ4n) is 7.10. The normalized spacial score (nSPS) is 21.9. The van der Waals surface area contributed by atoms with Gasteiger partial charge in [0.15, 0.2) is 0 Å². The van der Waals surface area contributed by atoms with E-state index in [0.717, 1.165) is 55.1 Å². The third-order valence-corrected chi connectivity index (χ3v) is 11.6. The number of halogens is 3. The number of hydrogen-bond acceptors (Lipinski definition) is 6. The lowest BCUT2D eigenvalue weighted by molar-refractivity contribution is -0.140. The summed E-state index contributed by atoms with van der Waals surface area (Å²) in [6, 6.07) is 7.81. The molecule has 3 aliphatic heterocycles. The van der Waals surface area contributed by atoms with Crippen LogP contribution in [0, 0.1) is 0 Å². The molecule has 12 heteroatoms. The lowest BCUT2D eigenvalue weighted by Crippen LogP contribution is -2.48. The summed E-state index contributed by atoms with van der Waals surface area (Å²) < 4.78 is 74.6. The molecule has 44 heavy (non-hydrogen) atoms. The molecule has 5 rings (SSSR count). The number of hydrogen-bond donors (Lipinski definition) is 0. The first-order valence-electron chi connectivity index (χ1n) is 15.8. The topological polar surface area (TPSA) is 83.0 Å². The summed E-state index contributed by atoms with van der Waals surface area (Å²) in [6.45, 7) is 4.52. The van der Waals surface area contributed by atoms with Gasteiger partial charge in [0.05, 0.1) is 17.1 Å². The van der Waals surface area contributed by atoms with Gasteiger partial charge in [-0.15, -0.1) is 0 Å². The Morgan fingerprint density at radius 1 is 0.955 bits per heavy atom. The number of alkyl halides is 3. The van der Waals surface area contributed by atoms with Crippen LogP contribution in [0.25, 0.3) is 0 Å². The van der Waals surface area contributed by atoms with Crippen LogP contribution in [0.3, 0.4) is 0 Å². The van der Waals surface area contributed by atoms with Crippen molar-refractivity contribution in [2.45, 2.75) is 80.3 Å². The maximum absolute atomic E-state index is 13.6. The molecule has 0 spiro atoms. The number of ether oxygens (including phenoxy) is 1. The average molecular weight is 637 g/mol. The van der Waals surface area contributed by atoms with Crippen LogP contribution in [0.5, 0.6) is 0 Å². The molecule has 0 radical (unpaired) electrons. The lowest BCUT2D eigenvalue weighted by Gasteiger charge is -2.43. The van der Waals surface area contributed by atoms with E-state index in [1.54, 1.807) is 0 Å². The number of likely N-dealkylation sites (tertiary alicyclic amines) is 2. The summed E-state index contributed by atoms with van der Waals surface area (Å²) in [5.41, 5.74) is 0.0802. The van der Waals surface area contributed by atoms with Crippen molar-refractivity contribution in [1.29, 1.82) is 0 Å². The van der Waals surface area contributed by atoms with Crippen molar-refractivity contribution in [3.63, 3.8) is 0 Å². The summed E-state index contributed by atoms with van der Waals surface area (Å²) in [5, 5.41) is 0. The second-order valence-corrected chi connectivity index (χ2v) is 14.2. The molecule has 8 nitrogen and oxygen atoms in total. The van der Waals surface area contributed by atoms with Crippen LogP contribution >= 0.6 is 0 Å². The van der Waals surface area contributed by atoms with Gasteiger partial charge in [-0.1, -0.05) is 18.6 Å². The molecule has 3 fully saturated rings. The Morgan fingerprint density at radius 2 is 1.64 bits per heavy atom. The highest BCUT2D eigenvalue weighted by molar-refractivity contribution is 7.89. The molecule has 0 bridgehead atoms. The molecule has 1 aromatic carbocycles. The minimum atomic E-state index is -4.80. The zero-order valence-corrected chi connectivity index (χ0v) is 26.0. The van der Waals surface area contributed by atoms with Crippen LogP contribution in [0.2, 0.25) is 0 Å². The molecule has 1 aromatic heterocycles. The molecular weight excluding hydrogens is 593 g/mol. The molecular formula is C32H43F3N4O4S. The van der Waals surface area contributed by atoms with Crippen LogP contribution in [0.4, 0.5) is 13.2 Å². The summed E-state index contributed by atoms with van der Waals surface area (Å²) >= 11 is 0. The van der Waals surface area contributed by atoms with Gasteiger partial charge in [-0.2, -0.15) is 17.5 Å². The summed E-state index contributed by atoms with van der Waals surface area (Å²) in [6.07, 6.45) is 6.99. The van der Waals surface area contributed by atoms with Crippen molar-refractivity contribution in [2.24, 2.45) is 0 Å². The first-order valence-corrected chi connectivity index (χ1v) is 17.2. The van der Waals surface area contributed by atoms with E-state index in [1.807, 2.05) is 17.3 Å². The van der Waals surface area contributed by atoms with Gasteiger partial charge < -0.3 is 14.5 Å². The van der Waals surface area contributed by atoms with E-state index >= 15 is 0 Å². The van der Waals surface area contributed by atoms with E-state index in [0.29, 0.717) is 25.9 Å². The number of nitrogens with zero attached hydrogens (tertiary/aromatic N) is 4. The van der Waals surface area contributed by atoms with Gasteiger partial charge in [-0.05, 0) is 106 Å². The Labute approximate surface area is 258 Å². The highest BCUT2D eigenvalue weighted by Gasteiger charge is 2.42. The highest BCUT2D eigenvalue weighted by atomic mass is 32.2. The average Bonchev–Trinajstić information content (AvgIpc) is 3.55. The van der Waals surface area contributed by atoms with Gasteiger partial charge in [0.2, 0.25) is 15.9 Å². The number of pyridine rings is 1. The molecule has 2 aromatic rings.